The Morgan fingerprint density at radius 1 is 1.05 bits per heavy atom. The molecule has 0 bridgehead atoms. The van der Waals surface area contributed by atoms with E-state index < -0.39 is 0 Å². The third kappa shape index (κ3) is 3.80. The quantitative estimate of drug-likeness (QED) is 0.723. The van der Waals surface area contributed by atoms with Crippen molar-refractivity contribution in [2.45, 2.75) is 46.7 Å². The molecule has 1 aliphatic heterocycles. The van der Waals surface area contributed by atoms with Gasteiger partial charge in [0.2, 0.25) is 0 Å². The van der Waals surface area contributed by atoms with E-state index in [4.69, 9.17) is 0 Å². The van der Waals surface area contributed by atoms with Crippen LogP contribution in [0.1, 0.15) is 37.5 Å². The Labute approximate surface area is 131 Å². The molecule has 3 heteroatoms. The summed E-state index contributed by atoms with van der Waals surface area (Å²) in [7, 11) is 0.00695. The van der Waals surface area contributed by atoms with E-state index in [0.717, 1.165) is 6.67 Å². The van der Waals surface area contributed by atoms with Crippen LogP contribution >= 0.6 is 7.92 Å². The van der Waals surface area contributed by atoms with Gasteiger partial charge in [-0.05, 0) is 43.7 Å². The Bertz CT molecular complexity index is 520. The number of hydrogen-bond acceptors (Lipinski definition) is 2. The fourth-order valence-electron chi connectivity index (χ4n) is 2.81. The summed E-state index contributed by atoms with van der Waals surface area (Å²) in [5.41, 5.74) is 5.45. The Balaban J connectivity index is 2.09. The molecule has 0 fully saturated rings. The normalized spacial score (nSPS) is 16.7. The van der Waals surface area contributed by atoms with Gasteiger partial charge in [0, 0.05) is 24.4 Å². The summed E-state index contributed by atoms with van der Waals surface area (Å²) < 4.78 is 0. The summed E-state index contributed by atoms with van der Waals surface area (Å²) in [6.07, 6.45) is 5.66. The van der Waals surface area contributed by atoms with Gasteiger partial charge in [0.1, 0.15) is 0 Å². The molecule has 21 heavy (non-hydrogen) atoms. The van der Waals surface area contributed by atoms with Gasteiger partial charge in [0.15, 0.2) is 0 Å². The van der Waals surface area contributed by atoms with E-state index in [0.29, 0.717) is 5.16 Å². The summed E-state index contributed by atoms with van der Waals surface area (Å²) in [5, 5.41) is 0.423. The lowest BCUT2D eigenvalue weighted by Crippen LogP contribution is -2.28. The summed E-state index contributed by atoms with van der Waals surface area (Å²) >= 11 is 0. The maximum atomic E-state index is 2.45. The molecule has 0 saturated heterocycles. The maximum Gasteiger partial charge on any atom is 0.0945 e. The Kier molecular flexibility index (Phi) is 4.68. The Hall–Kier alpha value is -1.01. The molecule has 1 aromatic carbocycles. The van der Waals surface area contributed by atoms with E-state index in [1.165, 1.54) is 28.7 Å². The van der Waals surface area contributed by atoms with Crippen molar-refractivity contribution in [3.05, 3.63) is 41.2 Å². The number of nitrogens with zero attached hydrogens (tertiary/aromatic N) is 2. The standard InChI is InChI=1S/C18H29N2P/c1-14-10-15(2)17(16(3)11-14)20-9-8-19(12-20)13-21(7)18(4,5)6/h8-11H,12-13H2,1-7H3/t21-/m1/s1. The minimum atomic E-state index is 0.00695. The molecule has 1 aromatic rings. The van der Waals surface area contributed by atoms with Crippen molar-refractivity contribution in [3.63, 3.8) is 0 Å². The Morgan fingerprint density at radius 2 is 1.62 bits per heavy atom. The molecule has 0 saturated carbocycles. The fraction of sp³-hybridized carbons (Fsp3) is 0.556. The van der Waals surface area contributed by atoms with Crippen LogP contribution in [0.25, 0.3) is 0 Å². The van der Waals surface area contributed by atoms with Crippen LogP contribution in [0, 0.1) is 20.8 Å². The van der Waals surface area contributed by atoms with Gasteiger partial charge in [-0.15, -0.1) is 0 Å². The average Bonchev–Trinajstić information content (AvgIpc) is 2.74. The van der Waals surface area contributed by atoms with E-state index in [1.54, 1.807) is 0 Å². The van der Waals surface area contributed by atoms with Crippen molar-refractivity contribution in [2.75, 3.05) is 24.5 Å². The van der Waals surface area contributed by atoms with Gasteiger partial charge in [0.25, 0.3) is 0 Å². The second kappa shape index (κ2) is 6.01. The van der Waals surface area contributed by atoms with E-state index >= 15 is 0 Å². The third-order valence-corrected chi connectivity index (χ3v) is 7.33. The van der Waals surface area contributed by atoms with Crippen LogP contribution in [0.4, 0.5) is 5.69 Å². The molecule has 116 valence electrons. The molecular weight excluding hydrogens is 275 g/mol. The van der Waals surface area contributed by atoms with Gasteiger partial charge in [-0.25, -0.2) is 0 Å². The van der Waals surface area contributed by atoms with Gasteiger partial charge in [-0.1, -0.05) is 46.4 Å². The molecule has 0 radical (unpaired) electrons. The highest BCUT2D eigenvalue weighted by molar-refractivity contribution is 7.58. The number of rotatable bonds is 3. The lowest BCUT2D eigenvalue weighted by molar-refractivity contribution is 0.469. The molecule has 0 spiro atoms. The fourth-order valence-corrected chi connectivity index (χ4v) is 3.96. The second-order valence-electron chi connectivity index (χ2n) is 7.26. The predicted octanol–water partition coefficient (Wildman–Crippen LogP) is 5.03. The number of hydrogen-bond donors (Lipinski definition) is 0. The molecule has 2 rings (SSSR count). The lowest BCUT2D eigenvalue weighted by atomic mass is 10.0. The van der Waals surface area contributed by atoms with Crippen molar-refractivity contribution >= 4 is 13.6 Å². The van der Waals surface area contributed by atoms with Crippen molar-refractivity contribution in [2.24, 2.45) is 0 Å². The first-order valence-electron chi connectivity index (χ1n) is 7.66. The first kappa shape index (κ1) is 16.4. The van der Waals surface area contributed by atoms with Crippen molar-refractivity contribution < 1.29 is 0 Å². The van der Waals surface area contributed by atoms with E-state index in [9.17, 15) is 0 Å². The highest BCUT2D eigenvalue weighted by atomic mass is 31.1. The number of anilines is 1. The van der Waals surface area contributed by atoms with Crippen molar-refractivity contribution in [1.82, 2.24) is 4.90 Å². The highest BCUT2D eigenvalue weighted by Gasteiger charge is 2.24. The minimum absolute atomic E-state index is 0.00695. The smallest absolute Gasteiger partial charge is 0.0945 e. The molecule has 0 N–H and O–H groups in total. The Morgan fingerprint density at radius 3 is 2.14 bits per heavy atom. The molecule has 1 aliphatic rings. The van der Waals surface area contributed by atoms with Crippen molar-refractivity contribution in [1.29, 1.82) is 0 Å². The first-order valence-corrected chi connectivity index (χ1v) is 9.64. The van der Waals surface area contributed by atoms with Crippen LogP contribution in [0.3, 0.4) is 0 Å². The molecule has 0 aromatic heterocycles. The van der Waals surface area contributed by atoms with Crippen LogP contribution in [0.2, 0.25) is 0 Å². The van der Waals surface area contributed by atoms with E-state index in [-0.39, 0.29) is 7.92 Å². The summed E-state index contributed by atoms with van der Waals surface area (Å²) in [6.45, 7) is 17.0. The van der Waals surface area contributed by atoms with Crippen LogP contribution in [0.5, 0.6) is 0 Å². The number of aryl methyl sites for hydroxylation is 3. The molecule has 0 aliphatic carbocycles. The zero-order valence-electron chi connectivity index (χ0n) is 14.6. The SMILES string of the molecule is Cc1cc(C)c(N2C=CN(C[P@@](C)C(C)(C)C)C2)c(C)c1. The first-order chi connectivity index (χ1) is 9.68. The topological polar surface area (TPSA) is 6.48 Å². The zero-order valence-corrected chi connectivity index (χ0v) is 15.5. The van der Waals surface area contributed by atoms with Crippen LogP contribution in [-0.4, -0.2) is 29.7 Å². The van der Waals surface area contributed by atoms with Crippen LogP contribution in [0.15, 0.2) is 24.5 Å². The summed E-state index contributed by atoms with van der Waals surface area (Å²) in [5.74, 6) is 0. The zero-order chi connectivity index (χ0) is 15.8. The molecule has 1 atom stereocenters. The van der Waals surface area contributed by atoms with Crippen LogP contribution in [-0.2, 0) is 0 Å². The molecule has 2 nitrogen and oxygen atoms in total. The predicted molar refractivity (Wildman–Crippen MR) is 96.4 cm³/mol. The second-order valence-corrected chi connectivity index (χ2v) is 10.3. The van der Waals surface area contributed by atoms with Gasteiger partial charge in [-0.2, -0.15) is 0 Å². The maximum absolute atomic E-state index is 2.45. The molecule has 1 heterocycles. The van der Waals surface area contributed by atoms with Crippen molar-refractivity contribution in [3.8, 4) is 0 Å². The van der Waals surface area contributed by atoms with Gasteiger partial charge in [0.05, 0.1) is 6.67 Å². The largest absolute Gasteiger partial charge is 0.354 e. The van der Waals surface area contributed by atoms with Gasteiger partial charge in [-0.3, -0.25) is 0 Å². The molecule has 0 amide bonds. The van der Waals surface area contributed by atoms with Crippen LogP contribution < -0.4 is 4.90 Å². The van der Waals surface area contributed by atoms with Gasteiger partial charge >= 0.3 is 0 Å². The lowest BCUT2D eigenvalue weighted by Gasteiger charge is -2.32. The van der Waals surface area contributed by atoms with E-state index in [1.807, 2.05) is 0 Å². The minimum Gasteiger partial charge on any atom is -0.354 e. The summed E-state index contributed by atoms with van der Waals surface area (Å²) in [6, 6.07) is 4.56. The van der Waals surface area contributed by atoms with Gasteiger partial charge < -0.3 is 9.80 Å². The molecular formula is C18H29N2P. The average molecular weight is 304 g/mol. The number of benzene rings is 1. The monoisotopic (exact) mass is 304 g/mol. The third-order valence-electron chi connectivity index (χ3n) is 4.25. The summed E-state index contributed by atoms with van der Waals surface area (Å²) in [4.78, 5) is 4.84. The highest BCUT2D eigenvalue weighted by Crippen LogP contribution is 2.46. The van der Waals surface area contributed by atoms with E-state index in [2.05, 4.69) is 82.5 Å². The molecule has 0 unspecified atom stereocenters.